The number of phenolic OH excluding ortho intramolecular Hbond substituents is 1. The lowest BCUT2D eigenvalue weighted by molar-refractivity contribution is 0.475. The Balaban J connectivity index is 2.37. The van der Waals surface area contributed by atoms with Gasteiger partial charge in [0, 0.05) is 28.4 Å². The van der Waals surface area contributed by atoms with Crippen LogP contribution in [0.25, 0.3) is 10.6 Å². The van der Waals surface area contributed by atoms with Crippen LogP contribution in [-0.4, -0.2) is 16.1 Å². The number of aromatic hydroxyl groups is 1. The van der Waals surface area contributed by atoms with Crippen LogP contribution in [0.1, 0.15) is 45.2 Å². The summed E-state index contributed by atoms with van der Waals surface area (Å²) in [5.74, 6) is 0.285. The predicted molar refractivity (Wildman–Crippen MR) is 89.9 cm³/mol. The van der Waals surface area contributed by atoms with Crippen molar-refractivity contribution >= 4 is 11.3 Å². The fourth-order valence-corrected chi connectivity index (χ4v) is 3.31. The van der Waals surface area contributed by atoms with E-state index in [1.54, 1.807) is 23.5 Å². The van der Waals surface area contributed by atoms with Crippen LogP contribution in [0.4, 0.5) is 0 Å². The van der Waals surface area contributed by atoms with Crippen molar-refractivity contribution in [3.05, 3.63) is 34.8 Å². The summed E-state index contributed by atoms with van der Waals surface area (Å²) in [5, 5.41) is 13.9. The van der Waals surface area contributed by atoms with E-state index in [2.05, 4.69) is 39.9 Å². The Hall–Kier alpha value is -1.39. The van der Waals surface area contributed by atoms with Crippen LogP contribution in [0.5, 0.6) is 5.75 Å². The number of nitrogens with one attached hydrogen (secondary N) is 1. The third-order valence-corrected chi connectivity index (χ3v) is 4.30. The average Bonchev–Trinajstić information content (AvgIpc) is 2.81. The minimum absolute atomic E-state index is 0.0274. The van der Waals surface area contributed by atoms with Crippen molar-refractivity contribution in [2.75, 3.05) is 0 Å². The molecule has 2 aromatic rings. The van der Waals surface area contributed by atoms with Gasteiger partial charge >= 0.3 is 0 Å². The molecule has 1 heterocycles. The molecule has 0 radical (unpaired) electrons. The lowest BCUT2D eigenvalue weighted by Crippen LogP contribution is -2.23. The summed E-state index contributed by atoms with van der Waals surface area (Å²) in [4.78, 5) is 6.15. The van der Waals surface area contributed by atoms with E-state index in [9.17, 15) is 5.11 Å². The molecule has 1 aromatic heterocycles. The Morgan fingerprint density at radius 3 is 2.33 bits per heavy atom. The quantitative estimate of drug-likeness (QED) is 0.884. The molecule has 114 valence electrons. The maximum absolute atomic E-state index is 9.41. The van der Waals surface area contributed by atoms with Crippen molar-refractivity contribution in [1.29, 1.82) is 0 Å². The second-order valence-electron chi connectivity index (χ2n) is 6.62. The number of hydrogen-bond acceptors (Lipinski definition) is 4. The van der Waals surface area contributed by atoms with Gasteiger partial charge in [-0.15, -0.1) is 11.3 Å². The van der Waals surface area contributed by atoms with Gasteiger partial charge in [-0.05, 0) is 24.3 Å². The summed E-state index contributed by atoms with van der Waals surface area (Å²) in [6.45, 7) is 11.7. The van der Waals surface area contributed by atoms with Crippen LogP contribution in [0.2, 0.25) is 0 Å². The normalized spacial score (nSPS) is 12.1. The van der Waals surface area contributed by atoms with Crippen molar-refractivity contribution in [3.8, 4) is 16.3 Å². The van der Waals surface area contributed by atoms with Crippen LogP contribution >= 0.6 is 11.3 Å². The first-order valence-corrected chi connectivity index (χ1v) is 8.12. The largest absolute Gasteiger partial charge is 0.508 e. The second kappa shape index (κ2) is 6.16. The van der Waals surface area contributed by atoms with E-state index < -0.39 is 0 Å². The van der Waals surface area contributed by atoms with E-state index in [-0.39, 0.29) is 11.2 Å². The summed E-state index contributed by atoms with van der Waals surface area (Å²) in [5.41, 5.74) is 2.24. The molecule has 0 amide bonds. The van der Waals surface area contributed by atoms with Gasteiger partial charge in [-0.2, -0.15) is 0 Å². The van der Waals surface area contributed by atoms with Gasteiger partial charge in [0.25, 0.3) is 0 Å². The maximum Gasteiger partial charge on any atom is 0.123 e. The van der Waals surface area contributed by atoms with E-state index in [0.29, 0.717) is 6.04 Å². The first-order chi connectivity index (χ1) is 9.77. The zero-order chi connectivity index (χ0) is 15.6. The third-order valence-electron chi connectivity index (χ3n) is 3.19. The highest BCUT2D eigenvalue weighted by Crippen LogP contribution is 2.34. The second-order valence-corrected chi connectivity index (χ2v) is 7.71. The maximum atomic E-state index is 9.41. The molecular weight excluding hydrogens is 280 g/mol. The molecular formula is C17H24N2OS. The summed E-state index contributed by atoms with van der Waals surface area (Å²) in [7, 11) is 0. The zero-order valence-electron chi connectivity index (χ0n) is 13.4. The molecule has 0 aliphatic carbocycles. The number of phenols is 1. The Morgan fingerprint density at radius 1 is 1.19 bits per heavy atom. The van der Waals surface area contributed by atoms with E-state index >= 15 is 0 Å². The Kier molecular flexibility index (Phi) is 4.69. The minimum atomic E-state index is 0.0274. The molecule has 21 heavy (non-hydrogen) atoms. The minimum Gasteiger partial charge on any atom is -0.508 e. The van der Waals surface area contributed by atoms with Gasteiger partial charge in [0.05, 0.1) is 5.69 Å². The predicted octanol–water partition coefficient (Wildman–Crippen LogP) is 4.31. The number of thiazole rings is 1. The summed E-state index contributed by atoms with van der Waals surface area (Å²) in [6, 6.07) is 7.71. The molecule has 0 aliphatic heterocycles. The molecule has 0 fully saturated rings. The van der Waals surface area contributed by atoms with Gasteiger partial charge in [-0.1, -0.05) is 34.6 Å². The molecule has 0 aliphatic rings. The van der Waals surface area contributed by atoms with Gasteiger partial charge in [0.1, 0.15) is 10.8 Å². The third kappa shape index (κ3) is 4.05. The van der Waals surface area contributed by atoms with Crippen molar-refractivity contribution in [3.63, 3.8) is 0 Å². The first-order valence-electron chi connectivity index (χ1n) is 7.30. The van der Waals surface area contributed by atoms with Gasteiger partial charge in [-0.25, -0.2) is 4.98 Å². The fourth-order valence-electron chi connectivity index (χ4n) is 2.08. The van der Waals surface area contributed by atoms with Crippen LogP contribution in [0, 0.1) is 0 Å². The van der Waals surface area contributed by atoms with Crippen LogP contribution in [0.15, 0.2) is 24.3 Å². The number of aromatic nitrogens is 1. The molecule has 2 rings (SSSR count). The standard InChI is InChI=1S/C17H24N2OS/c1-11(2)18-10-14-15(17(3,4)5)19-16(21-14)12-6-8-13(20)9-7-12/h6-9,11,18,20H,10H2,1-5H3. The Bertz CT molecular complexity index is 594. The lowest BCUT2D eigenvalue weighted by atomic mass is 9.91. The van der Waals surface area contributed by atoms with Crippen molar-refractivity contribution in [2.45, 2.75) is 52.6 Å². The number of rotatable bonds is 4. The van der Waals surface area contributed by atoms with Gasteiger partial charge in [0.2, 0.25) is 0 Å². The Labute approximate surface area is 131 Å². The summed E-state index contributed by atoms with van der Waals surface area (Å²) in [6.07, 6.45) is 0. The molecule has 3 nitrogen and oxygen atoms in total. The molecule has 1 aromatic carbocycles. The number of benzene rings is 1. The summed E-state index contributed by atoms with van der Waals surface area (Å²) < 4.78 is 0. The highest BCUT2D eigenvalue weighted by atomic mass is 32.1. The highest BCUT2D eigenvalue weighted by molar-refractivity contribution is 7.15. The average molecular weight is 304 g/mol. The van der Waals surface area contributed by atoms with Crippen molar-refractivity contribution in [1.82, 2.24) is 10.3 Å². The zero-order valence-corrected chi connectivity index (χ0v) is 14.2. The van der Waals surface area contributed by atoms with Crippen molar-refractivity contribution < 1.29 is 5.11 Å². The number of nitrogens with zero attached hydrogens (tertiary/aromatic N) is 1. The Morgan fingerprint density at radius 2 is 1.81 bits per heavy atom. The van der Waals surface area contributed by atoms with Crippen LogP contribution < -0.4 is 5.32 Å². The van der Waals surface area contributed by atoms with E-state index in [0.717, 1.165) is 22.8 Å². The lowest BCUT2D eigenvalue weighted by Gasteiger charge is -2.18. The molecule has 2 N–H and O–H groups in total. The monoisotopic (exact) mass is 304 g/mol. The molecule has 0 unspecified atom stereocenters. The smallest absolute Gasteiger partial charge is 0.123 e. The fraction of sp³-hybridized carbons (Fsp3) is 0.471. The molecule has 0 saturated heterocycles. The topological polar surface area (TPSA) is 45.1 Å². The molecule has 0 saturated carbocycles. The van der Waals surface area contributed by atoms with Gasteiger partial charge in [0.15, 0.2) is 0 Å². The van der Waals surface area contributed by atoms with Crippen LogP contribution in [-0.2, 0) is 12.0 Å². The molecule has 4 heteroatoms. The van der Waals surface area contributed by atoms with Gasteiger partial charge < -0.3 is 10.4 Å². The summed E-state index contributed by atoms with van der Waals surface area (Å²) >= 11 is 1.73. The first kappa shape index (κ1) is 16.0. The molecule has 0 atom stereocenters. The van der Waals surface area contributed by atoms with Crippen molar-refractivity contribution in [2.24, 2.45) is 0 Å². The number of hydrogen-bond donors (Lipinski definition) is 2. The highest BCUT2D eigenvalue weighted by Gasteiger charge is 2.23. The van der Waals surface area contributed by atoms with E-state index in [1.807, 2.05) is 12.1 Å². The SMILES string of the molecule is CC(C)NCc1sc(-c2ccc(O)cc2)nc1C(C)(C)C. The molecule has 0 spiro atoms. The van der Waals surface area contributed by atoms with Gasteiger partial charge in [-0.3, -0.25) is 0 Å². The van der Waals surface area contributed by atoms with E-state index in [4.69, 9.17) is 4.98 Å². The van der Waals surface area contributed by atoms with E-state index in [1.165, 1.54) is 4.88 Å². The molecule has 0 bridgehead atoms. The van der Waals surface area contributed by atoms with Crippen LogP contribution in [0.3, 0.4) is 0 Å².